The quantitative estimate of drug-likeness (QED) is 0.160. The van der Waals surface area contributed by atoms with E-state index in [-0.39, 0.29) is 12.3 Å². The molecule has 0 saturated heterocycles. The van der Waals surface area contributed by atoms with Gasteiger partial charge in [-0.3, -0.25) is 0 Å². The zero-order valence-electron chi connectivity index (χ0n) is 37.5. The zero-order chi connectivity index (χ0) is 44.5. The van der Waals surface area contributed by atoms with E-state index in [0.717, 1.165) is 17.1 Å². The number of thiophene rings is 1. The third-order valence-corrected chi connectivity index (χ3v) is 15.7. The summed E-state index contributed by atoms with van der Waals surface area (Å²) in [5, 5.41) is 7.71. The molecule has 0 radical (unpaired) electrons. The molecule has 0 bridgehead atoms. The minimum Gasteiger partial charge on any atom is -0.375 e. The van der Waals surface area contributed by atoms with Crippen molar-refractivity contribution in [2.75, 3.05) is 9.80 Å². The highest BCUT2D eigenvalue weighted by atomic mass is 32.1. The lowest BCUT2D eigenvalue weighted by atomic mass is 9.45. The van der Waals surface area contributed by atoms with Crippen molar-refractivity contribution in [3.05, 3.63) is 218 Å². The fraction of sp³-hybridized carbons (Fsp3) is 0.0645. The van der Waals surface area contributed by atoms with Gasteiger partial charge >= 0.3 is 6.85 Å². The van der Waals surface area contributed by atoms with E-state index in [0.29, 0.717) is 0 Å². The molecule has 67 heavy (non-hydrogen) atoms. The van der Waals surface area contributed by atoms with Crippen LogP contribution in [0.15, 0.2) is 212 Å². The average molecular weight is 874 g/mol. The van der Waals surface area contributed by atoms with Gasteiger partial charge in [-0.25, -0.2) is 0 Å². The molecule has 5 heteroatoms. The van der Waals surface area contributed by atoms with E-state index in [9.17, 15) is 0 Å². The first-order valence-electron chi connectivity index (χ1n) is 23.4. The Bertz CT molecular complexity index is 3940. The Hall–Kier alpha value is -7.86. The fourth-order valence-corrected chi connectivity index (χ4v) is 12.7. The molecule has 0 fully saturated rings. The van der Waals surface area contributed by atoms with E-state index < -0.39 is 0 Å². The van der Waals surface area contributed by atoms with Gasteiger partial charge in [-0.2, -0.15) is 0 Å². The maximum Gasteiger partial charge on any atom is 0.333 e. The van der Waals surface area contributed by atoms with E-state index >= 15 is 0 Å². The standard InChI is InChI=1S/C62H44BN3S/c1-62(2,3)41-31-34-54(50(36-41)39-18-7-4-8-19-39)65-55-35-32-44(64(42-21-9-5-10-22-42)43-23-11-6-12-24-43)37-53(55)63-57-51(38-52-46-26-15-16-29-56(46)67-61(52)60(57)65)48-28-17-27-47-49-33-30-40-20-13-14-25-45(40)58(49)66(63)59(47)48/h4-38H,1-3H3. The summed E-state index contributed by atoms with van der Waals surface area (Å²) in [7, 11) is 0. The molecule has 316 valence electrons. The summed E-state index contributed by atoms with van der Waals surface area (Å²) in [5.41, 5.74) is 18.5. The van der Waals surface area contributed by atoms with Gasteiger partial charge in [0.15, 0.2) is 0 Å². The first kappa shape index (κ1) is 38.4. The van der Waals surface area contributed by atoms with Crippen LogP contribution in [0.3, 0.4) is 0 Å². The van der Waals surface area contributed by atoms with E-state index in [1.54, 1.807) is 0 Å². The predicted octanol–water partition coefficient (Wildman–Crippen LogP) is 16.2. The summed E-state index contributed by atoms with van der Waals surface area (Å²) in [6.07, 6.45) is 0. The third-order valence-electron chi connectivity index (χ3n) is 14.5. The highest BCUT2D eigenvalue weighted by molar-refractivity contribution is 7.26. The molecule has 0 spiro atoms. The van der Waals surface area contributed by atoms with Gasteiger partial charge < -0.3 is 14.3 Å². The van der Waals surface area contributed by atoms with Crippen LogP contribution in [-0.2, 0) is 5.41 Å². The van der Waals surface area contributed by atoms with Crippen LogP contribution in [-0.4, -0.2) is 11.3 Å². The summed E-state index contributed by atoms with van der Waals surface area (Å²) >= 11 is 1.93. The van der Waals surface area contributed by atoms with E-state index in [4.69, 9.17) is 0 Å². The highest BCUT2D eigenvalue weighted by Crippen LogP contribution is 2.53. The Morgan fingerprint density at radius 3 is 1.88 bits per heavy atom. The van der Waals surface area contributed by atoms with Crippen LogP contribution in [0.25, 0.3) is 75.0 Å². The summed E-state index contributed by atoms with van der Waals surface area (Å²) in [6.45, 7) is 6.82. The van der Waals surface area contributed by atoms with Crippen molar-refractivity contribution in [3.8, 4) is 22.3 Å². The first-order chi connectivity index (χ1) is 32.9. The zero-order valence-corrected chi connectivity index (χ0v) is 38.4. The number of fused-ring (bicyclic) bond motifs is 13. The molecule has 2 aliphatic rings. The molecule has 0 aliphatic carbocycles. The van der Waals surface area contributed by atoms with Crippen LogP contribution in [0.2, 0.25) is 0 Å². The molecule has 4 heterocycles. The molecule has 3 nitrogen and oxygen atoms in total. The Morgan fingerprint density at radius 1 is 0.463 bits per heavy atom. The van der Waals surface area contributed by atoms with Crippen LogP contribution >= 0.6 is 11.3 Å². The number of anilines is 6. The van der Waals surface area contributed by atoms with Crippen LogP contribution in [0.4, 0.5) is 34.1 Å². The third kappa shape index (κ3) is 5.59. The molecule has 12 aromatic rings. The SMILES string of the molecule is CC(C)(C)c1ccc(N2c3ccc(N(c4ccccc4)c4ccccc4)cc3B3c4c(cc5c(sc6ccccc65)c42)-c2cccc4c5ccc6ccccc6c5n3c24)c(-c2ccccc2)c1. The largest absolute Gasteiger partial charge is 0.375 e. The second kappa shape index (κ2) is 14.3. The normalized spacial score (nSPS) is 12.9. The number of hydrogen-bond acceptors (Lipinski definition) is 3. The number of nitrogens with zero attached hydrogens (tertiary/aromatic N) is 3. The van der Waals surface area contributed by atoms with E-state index in [2.05, 4.69) is 247 Å². The predicted molar refractivity (Wildman–Crippen MR) is 289 cm³/mol. The molecule has 10 aromatic carbocycles. The number of para-hydroxylation sites is 3. The molecule has 0 amide bonds. The van der Waals surface area contributed by atoms with Crippen molar-refractivity contribution in [2.24, 2.45) is 0 Å². The van der Waals surface area contributed by atoms with Crippen LogP contribution in [0.1, 0.15) is 26.3 Å². The molecular weight excluding hydrogens is 830 g/mol. The van der Waals surface area contributed by atoms with Crippen LogP contribution in [0.5, 0.6) is 0 Å². The highest BCUT2D eigenvalue weighted by Gasteiger charge is 2.45. The minimum absolute atomic E-state index is 0.0435. The van der Waals surface area contributed by atoms with Gasteiger partial charge in [-0.1, -0.05) is 166 Å². The first-order valence-corrected chi connectivity index (χ1v) is 24.2. The fourth-order valence-electron chi connectivity index (χ4n) is 11.5. The Labute approximate surface area is 394 Å². The van der Waals surface area contributed by atoms with Gasteiger partial charge in [0.1, 0.15) is 0 Å². The van der Waals surface area contributed by atoms with Crippen molar-refractivity contribution in [3.63, 3.8) is 0 Å². The van der Waals surface area contributed by atoms with Gasteiger partial charge in [0.25, 0.3) is 0 Å². The second-order valence-electron chi connectivity index (χ2n) is 19.3. The molecule has 0 atom stereocenters. The summed E-state index contributed by atoms with van der Waals surface area (Å²) in [4.78, 5) is 5.07. The van der Waals surface area contributed by atoms with Gasteiger partial charge in [-0.15, -0.1) is 11.3 Å². The van der Waals surface area contributed by atoms with Crippen molar-refractivity contribution in [2.45, 2.75) is 26.2 Å². The molecule has 14 rings (SSSR count). The number of hydrogen-bond donors (Lipinski definition) is 0. The van der Waals surface area contributed by atoms with Crippen molar-refractivity contribution < 1.29 is 0 Å². The maximum absolute atomic E-state index is 2.74. The summed E-state index contributed by atoms with van der Waals surface area (Å²) < 4.78 is 5.35. The van der Waals surface area contributed by atoms with Crippen LogP contribution in [0, 0.1) is 0 Å². The number of aromatic nitrogens is 1. The molecule has 0 N–H and O–H groups in total. The summed E-state index contributed by atoms with van der Waals surface area (Å²) in [6, 6.07) is 79.4. The Balaban J connectivity index is 1.18. The average Bonchev–Trinajstić information content (AvgIpc) is 3.92. The van der Waals surface area contributed by atoms with Crippen molar-refractivity contribution in [1.82, 2.24) is 4.48 Å². The molecule has 0 saturated carbocycles. The molecular formula is C62H44BN3S. The second-order valence-corrected chi connectivity index (χ2v) is 20.3. The van der Waals surface area contributed by atoms with Gasteiger partial charge in [0.2, 0.25) is 0 Å². The minimum atomic E-state index is -0.145. The maximum atomic E-state index is 2.74. The molecule has 2 aliphatic heterocycles. The van der Waals surface area contributed by atoms with Crippen LogP contribution < -0.4 is 20.7 Å². The topological polar surface area (TPSA) is 11.4 Å². The monoisotopic (exact) mass is 873 g/mol. The lowest BCUT2D eigenvalue weighted by Crippen LogP contribution is -2.56. The molecule has 0 unspecified atom stereocenters. The lowest BCUT2D eigenvalue weighted by molar-refractivity contribution is 0.590. The smallest absolute Gasteiger partial charge is 0.333 e. The lowest BCUT2D eigenvalue weighted by Gasteiger charge is -2.42. The number of rotatable bonds is 5. The van der Waals surface area contributed by atoms with Crippen molar-refractivity contribution in [1.29, 1.82) is 0 Å². The van der Waals surface area contributed by atoms with Gasteiger partial charge in [0, 0.05) is 76.5 Å². The Morgan fingerprint density at radius 2 is 1.12 bits per heavy atom. The van der Waals surface area contributed by atoms with E-state index in [1.165, 1.54) is 109 Å². The Kier molecular flexibility index (Phi) is 8.21. The van der Waals surface area contributed by atoms with Crippen molar-refractivity contribution >= 4 is 116 Å². The molecule has 2 aromatic heterocycles. The summed E-state index contributed by atoms with van der Waals surface area (Å²) in [5.74, 6) is 0. The number of benzene rings is 10. The van der Waals surface area contributed by atoms with E-state index in [1.807, 2.05) is 11.3 Å². The van der Waals surface area contributed by atoms with Gasteiger partial charge in [0.05, 0.1) is 16.1 Å². The van der Waals surface area contributed by atoms with Gasteiger partial charge in [-0.05, 0) is 105 Å².